The van der Waals surface area contributed by atoms with Gasteiger partial charge in [0.1, 0.15) is 0 Å². The van der Waals surface area contributed by atoms with E-state index < -0.39 is 18.0 Å². The molecule has 0 aromatic heterocycles. The first-order chi connectivity index (χ1) is 14.8. The zero-order valence-electron chi connectivity index (χ0n) is 17.8. The Labute approximate surface area is 191 Å². The number of benzene rings is 2. The third-order valence-electron chi connectivity index (χ3n) is 4.01. The van der Waals surface area contributed by atoms with Crippen LogP contribution in [0.3, 0.4) is 0 Å². The van der Waals surface area contributed by atoms with Gasteiger partial charge in [0.2, 0.25) is 5.75 Å². The van der Waals surface area contributed by atoms with Crippen molar-refractivity contribution in [3.8, 4) is 17.2 Å². The molecule has 9 heteroatoms. The molecule has 0 aliphatic carbocycles. The van der Waals surface area contributed by atoms with Gasteiger partial charge in [-0.1, -0.05) is 29.3 Å². The van der Waals surface area contributed by atoms with Crippen LogP contribution in [0.25, 0.3) is 0 Å². The van der Waals surface area contributed by atoms with Crippen LogP contribution in [0.5, 0.6) is 17.2 Å². The maximum Gasteiger partial charge on any atom is 0.339 e. The van der Waals surface area contributed by atoms with Crippen LogP contribution in [0.1, 0.15) is 38.1 Å². The maximum atomic E-state index is 12.7. The molecule has 0 heterocycles. The number of nitrogens with one attached hydrogen (secondary N) is 1. The summed E-state index contributed by atoms with van der Waals surface area (Å²) in [6, 6.07) is 7.83. The summed E-state index contributed by atoms with van der Waals surface area (Å²) < 4.78 is 22.2. The number of amides is 1. The van der Waals surface area contributed by atoms with Crippen LogP contribution >= 0.6 is 23.2 Å². The van der Waals surface area contributed by atoms with E-state index >= 15 is 0 Å². The van der Waals surface area contributed by atoms with Gasteiger partial charge in [-0.25, -0.2) is 4.79 Å². The molecule has 1 unspecified atom stereocenters. The monoisotopic (exact) mass is 469 g/mol. The molecule has 2 aromatic rings. The molecule has 0 spiro atoms. The van der Waals surface area contributed by atoms with Crippen LogP contribution in [-0.4, -0.2) is 37.8 Å². The topological polar surface area (TPSA) is 83.1 Å². The van der Waals surface area contributed by atoms with Crippen LogP contribution in [0.2, 0.25) is 10.0 Å². The van der Waals surface area contributed by atoms with Gasteiger partial charge in [-0.3, -0.25) is 4.79 Å². The number of rotatable bonds is 10. The lowest BCUT2D eigenvalue weighted by Crippen LogP contribution is -2.30. The molecule has 2 rings (SSSR count). The van der Waals surface area contributed by atoms with E-state index in [0.717, 1.165) is 0 Å². The lowest BCUT2D eigenvalue weighted by atomic mass is 10.1. The summed E-state index contributed by atoms with van der Waals surface area (Å²) in [4.78, 5) is 25.2. The minimum Gasteiger partial charge on any atom is -0.490 e. The number of hydrogen-bond donors (Lipinski definition) is 1. The van der Waals surface area contributed by atoms with E-state index in [0.29, 0.717) is 47.8 Å². The van der Waals surface area contributed by atoms with Gasteiger partial charge in [-0.2, -0.15) is 0 Å². The molecule has 0 saturated carbocycles. The largest absolute Gasteiger partial charge is 0.490 e. The Morgan fingerprint density at radius 2 is 1.55 bits per heavy atom. The summed E-state index contributed by atoms with van der Waals surface area (Å²) >= 11 is 12.0. The van der Waals surface area contributed by atoms with E-state index in [1.54, 1.807) is 18.2 Å². The highest BCUT2D eigenvalue weighted by Gasteiger charge is 2.23. The van der Waals surface area contributed by atoms with E-state index in [2.05, 4.69) is 5.32 Å². The van der Waals surface area contributed by atoms with E-state index in [1.807, 2.05) is 20.8 Å². The van der Waals surface area contributed by atoms with Crippen LogP contribution in [0.4, 0.5) is 5.69 Å². The minimum absolute atomic E-state index is 0.163. The molecule has 168 valence electrons. The van der Waals surface area contributed by atoms with Gasteiger partial charge in [0.15, 0.2) is 17.6 Å². The Balaban J connectivity index is 2.21. The van der Waals surface area contributed by atoms with Crippen molar-refractivity contribution < 1.29 is 28.5 Å². The summed E-state index contributed by atoms with van der Waals surface area (Å²) in [7, 11) is 0. The van der Waals surface area contributed by atoms with Crippen molar-refractivity contribution in [2.75, 3.05) is 25.1 Å². The number of hydrogen-bond acceptors (Lipinski definition) is 6. The van der Waals surface area contributed by atoms with Crippen molar-refractivity contribution in [1.29, 1.82) is 0 Å². The normalized spacial score (nSPS) is 11.4. The van der Waals surface area contributed by atoms with Crippen molar-refractivity contribution >= 4 is 40.8 Å². The summed E-state index contributed by atoms with van der Waals surface area (Å²) in [5.74, 6) is -0.164. The molecule has 0 bridgehead atoms. The van der Waals surface area contributed by atoms with E-state index in [9.17, 15) is 9.59 Å². The van der Waals surface area contributed by atoms with Crippen molar-refractivity contribution in [2.45, 2.75) is 33.8 Å². The number of carbonyl (C=O) groups is 2. The average molecular weight is 470 g/mol. The van der Waals surface area contributed by atoms with Crippen LogP contribution < -0.4 is 19.5 Å². The first kappa shape index (κ1) is 24.6. The molecule has 1 N–H and O–H groups in total. The highest BCUT2D eigenvalue weighted by molar-refractivity contribution is 6.44. The fourth-order valence-electron chi connectivity index (χ4n) is 2.62. The third kappa shape index (κ3) is 6.42. The number of carbonyl (C=O) groups excluding carboxylic acids is 2. The second-order valence-corrected chi connectivity index (χ2v) is 7.02. The Morgan fingerprint density at radius 1 is 0.968 bits per heavy atom. The number of ether oxygens (including phenoxy) is 4. The number of anilines is 1. The van der Waals surface area contributed by atoms with Gasteiger partial charge in [-0.15, -0.1) is 0 Å². The first-order valence-electron chi connectivity index (χ1n) is 9.84. The van der Waals surface area contributed by atoms with E-state index in [-0.39, 0.29) is 10.6 Å². The van der Waals surface area contributed by atoms with Gasteiger partial charge >= 0.3 is 5.97 Å². The molecule has 1 amide bonds. The zero-order chi connectivity index (χ0) is 23.0. The zero-order valence-corrected chi connectivity index (χ0v) is 19.3. The molecule has 7 nitrogen and oxygen atoms in total. The minimum atomic E-state index is -1.10. The third-order valence-corrected chi connectivity index (χ3v) is 4.83. The SMILES string of the molecule is CCOc1cc(C(=O)OC(C)C(=O)Nc2cccc(Cl)c2Cl)cc(OCC)c1OCC. The van der Waals surface area contributed by atoms with Crippen LogP contribution in [0.15, 0.2) is 30.3 Å². The Morgan fingerprint density at radius 3 is 2.10 bits per heavy atom. The van der Waals surface area contributed by atoms with Crippen LogP contribution in [0, 0.1) is 0 Å². The standard InChI is InChI=1S/C22H25Cl2NO6/c1-5-28-17-11-14(12-18(29-6-2)20(17)30-7-3)22(27)31-13(4)21(26)25-16-10-8-9-15(23)19(16)24/h8-13H,5-7H2,1-4H3,(H,25,26). The van der Waals surface area contributed by atoms with Crippen molar-refractivity contribution in [1.82, 2.24) is 0 Å². The quantitative estimate of drug-likeness (QED) is 0.470. The predicted octanol–water partition coefficient (Wildman–Crippen LogP) is 5.37. The van der Waals surface area contributed by atoms with Gasteiger partial charge in [0.25, 0.3) is 5.91 Å². The molecular formula is C22H25Cl2NO6. The fourth-order valence-corrected chi connectivity index (χ4v) is 2.97. The molecular weight excluding hydrogens is 445 g/mol. The highest BCUT2D eigenvalue weighted by atomic mass is 35.5. The van der Waals surface area contributed by atoms with Gasteiger partial charge in [-0.05, 0) is 52.0 Å². The Kier molecular flexibility index (Phi) is 9.27. The summed E-state index contributed by atoms with van der Waals surface area (Å²) in [5, 5.41) is 3.09. The molecule has 0 aliphatic rings. The van der Waals surface area contributed by atoms with E-state index in [1.165, 1.54) is 19.1 Å². The number of esters is 1. The van der Waals surface area contributed by atoms with Crippen molar-refractivity contribution in [3.05, 3.63) is 45.9 Å². The van der Waals surface area contributed by atoms with E-state index in [4.69, 9.17) is 42.1 Å². The smallest absolute Gasteiger partial charge is 0.339 e. The van der Waals surface area contributed by atoms with Crippen LogP contribution in [-0.2, 0) is 9.53 Å². The van der Waals surface area contributed by atoms with Gasteiger partial charge in [0.05, 0.1) is 41.1 Å². The molecule has 0 saturated heterocycles. The highest BCUT2D eigenvalue weighted by Crippen LogP contribution is 2.39. The lowest BCUT2D eigenvalue weighted by molar-refractivity contribution is -0.123. The maximum absolute atomic E-state index is 12.7. The predicted molar refractivity (Wildman–Crippen MR) is 120 cm³/mol. The molecule has 1 atom stereocenters. The summed E-state index contributed by atoms with van der Waals surface area (Å²) in [6.07, 6.45) is -1.10. The summed E-state index contributed by atoms with van der Waals surface area (Å²) in [6.45, 7) is 8.04. The second-order valence-electron chi connectivity index (χ2n) is 6.24. The molecule has 2 aromatic carbocycles. The molecule has 31 heavy (non-hydrogen) atoms. The molecule has 0 aliphatic heterocycles. The average Bonchev–Trinajstić information content (AvgIpc) is 2.73. The second kappa shape index (κ2) is 11.7. The van der Waals surface area contributed by atoms with Crippen molar-refractivity contribution in [2.24, 2.45) is 0 Å². The molecule has 0 radical (unpaired) electrons. The van der Waals surface area contributed by atoms with Gasteiger partial charge < -0.3 is 24.3 Å². The Bertz CT molecular complexity index is 907. The lowest BCUT2D eigenvalue weighted by Gasteiger charge is -2.18. The fraction of sp³-hybridized carbons (Fsp3) is 0.364. The first-order valence-corrected chi connectivity index (χ1v) is 10.6. The molecule has 0 fully saturated rings. The van der Waals surface area contributed by atoms with Gasteiger partial charge in [0, 0.05) is 0 Å². The summed E-state index contributed by atoms with van der Waals surface area (Å²) in [5.41, 5.74) is 0.483. The number of halogens is 2. The Hall–Kier alpha value is -2.64. The van der Waals surface area contributed by atoms with Crippen molar-refractivity contribution in [3.63, 3.8) is 0 Å².